The summed E-state index contributed by atoms with van der Waals surface area (Å²) in [5.74, 6) is 0.140. The first kappa shape index (κ1) is 33.5. The average Bonchev–Trinajstić information content (AvgIpc) is 3.49. The number of hydrogen-bond acceptors (Lipinski definition) is 2. The molecule has 1 aliphatic carbocycles. The van der Waals surface area contributed by atoms with Crippen LogP contribution in [0, 0.1) is 5.92 Å². The second kappa shape index (κ2) is 13.1. The number of hydrogen-bond donors (Lipinski definition) is 0. The Hall–Kier alpha value is -3.96. The summed E-state index contributed by atoms with van der Waals surface area (Å²) in [5, 5.41) is 1.90. The molecule has 2 nitrogen and oxygen atoms in total. The molecule has 0 fully saturated rings. The summed E-state index contributed by atoms with van der Waals surface area (Å²) in [4.78, 5) is 10.9. The summed E-state index contributed by atoms with van der Waals surface area (Å²) in [6, 6.07) is 47.8. The molecular weight excluding hydrogens is 630 g/mol. The van der Waals surface area contributed by atoms with Crippen molar-refractivity contribution in [1.29, 1.82) is 0 Å². The molecule has 4 heteroatoms. The molecule has 2 atom stereocenters. The molecule has 0 saturated heterocycles. The summed E-state index contributed by atoms with van der Waals surface area (Å²) in [7, 11) is 2.88. The summed E-state index contributed by atoms with van der Waals surface area (Å²) in [6.07, 6.45) is 3.56. The van der Waals surface area contributed by atoms with E-state index in [0.29, 0.717) is 0 Å². The van der Waals surface area contributed by atoms with Crippen LogP contribution in [0.1, 0.15) is 64.1 Å². The molecule has 49 heavy (non-hydrogen) atoms. The predicted molar refractivity (Wildman–Crippen MR) is 217 cm³/mol. The second-order valence-electron chi connectivity index (χ2n) is 15.3. The van der Waals surface area contributed by atoms with Gasteiger partial charge in [-0.2, -0.15) is 0 Å². The lowest BCUT2D eigenvalue weighted by Gasteiger charge is -2.45. The number of allylic oxidation sites excluding steroid dienone is 4. The van der Waals surface area contributed by atoms with Gasteiger partial charge >= 0.3 is 0 Å². The van der Waals surface area contributed by atoms with Crippen molar-refractivity contribution in [3.05, 3.63) is 168 Å². The molecule has 0 N–H and O–H groups in total. The molecule has 0 bridgehead atoms. The highest BCUT2D eigenvalue weighted by atomic mass is 31.1. The van der Waals surface area contributed by atoms with Gasteiger partial charge in [0.05, 0.1) is 27.6 Å². The van der Waals surface area contributed by atoms with Crippen LogP contribution in [0.5, 0.6) is 0 Å². The van der Waals surface area contributed by atoms with E-state index in [1.165, 1.54) is 27.8 Å². The van der Waals surface area contributed by atoms with Gasteiger partial charge in [-0.25, -0.2) is 0 Å². The maximum atomic E-state index is 5.44. The smallest absolute Gasteiger partial charge is 0.0903 e. The second-order valence-corrected chi connectivity index (χ2v) is 20.0. The van der Waals surface area contributed by atoms with Gasteiger partial charge in [0.25, 0.3) is 0 Å². The number of fused-ring (bicyclic) bond motifs is 2. The molecular formula is C45H46N2P2. The maximum absolute atomic E-state index is 5.44. The van der Waals surface area contributed by atoms with Gasteiger partial charge < -0.3 is 0 Å². The van der Waals surface area contributed by atoms with Gasteiger partial charge in [0.1, 0.15) is 0 Å². The highest BCUT2D eigenvalue weighted by Crippen LogP contribution is 2.65. The molecule has 0 saturated carbocycles. The van der Waals surface area contributed by atoms with E-state index in [1.807, 2.05) is 0 Å². The van der Waals surface area contributed by atoms with Crippen LogP contribution in [0.2, 0.25) is 0 Å². The number of aromatic nitrogens is 2. The maximum Gasteiger partial charge on any atom is 0.0903 e. The first-order valence-electron chi connectivity index (χ1n) is 17.3. The van der Waals surface area contributed by atoms with Crippen LogP contribution in [0.4, 0.5) is 0 Å². The molecule has 2 aromatic heterocycles. The molecule has 2 heterocycles. The van der Waals surface area contributed by atoms with Crippen LogP contribution in [-0.4, -0.2) is 26.4 Å². The number of nitrogens with zero attached hydrogens (tertiary/aromatic N) is 2. The van der Waals surface area contributed by atoms with Crippen molar-refractivity contribution in [3.63, 3.8) is 0 Å². The summed E-state index contributed by atoms with van der Waals surface area (Å²) < 4.78 is 0. The zero-order valence-corrected chi connectivity index (χ0v) is 31.5. The molecule has 1 aliphatic rings. The van der Waals surface area contributed by atoms with Crippen LogP contribution in [0.25, 0.3) is 33.0 Å². The third-order valence-corrected chi connectivity index (χ3v) is 14.8. The molecule has 7 rings (SSSR count). The van der Waals surface area contributed by atoms with E-state index < -0.39 is 13.1 Å². The number of rotatable bonds is 7. The van der Waals surface area contributed by atoms with Gasteiger partial charge in [-0.05, 0) is 68.6 Å². The monoisotopic (exact) mass is 676 g/mol. The van der Waals surface area contributed by atoms with Crippen molar-refractivity contribution >= 4 is 50.1 Å². The first-order chi connectivity index (χ1) is 23.4. The standard InChI is InChI=1S/C45H46N2P2/c1-43(2,3)49(44(4,5)6)30-36-37(29-35(31-17-9-7-10-18-31)42(36)34-21-11-8-12-22-34)45(48,40-27-25-32-19-13-15-23-38(32)46-40)41-28-26-33-20-14-16-24-39(33)47-41/h7-29,36H,30,48H2,1-6H3. The lowest BCUT2D eigenvalue weighted by molar-refractivity contribution is 0.674. The lowest BCUT2D eigenvalue weighted by atomic mass is 9.80. The molecule has 0 spiro atoms. The fourth-order valence-electron chi connectivity index (χ4n) is 7.82. The largest absolute Gasteiger partial charge is 0.251 e. The van der Waals surface area contributed by atoms with Crippen molar-refractivity contribution in [1.82, 2.24) is 9.97 Å². The van der Waals surface area contributed by atoms with Crippen molar-refractivity contribution in [2.45, 2.75) is 57.0 Å². The highest BCUT2D eigenvalue weighted by molar-refractivity contribution is 7.60. The Morgan fingerprint density at radius 2 is 1.00 bits per heavy atom. The lowest BCUT2D eigenvalue weighted by Crippen LogP contribution is -2.33. The number of para-hydroxylation sites is 2. The van der Waals surface area contributed by atoms with Gasteiger partial charge in [-0.15, -0.1) is 9.24 Å². The van der Waals surface area contributed by atoms with Gasteiger partial charge in [0.2, 0.25) is 0 Å². The first-order valence-corrected chi connectivity index (χ1v) is 19.4. The van der Waals surface area contributed by atoms with Gasteiger partial charge in [0, 0.05) is 16.7 Å². The van der Waals surface area contributed by atoms with E-state index in [4.69, 9.17) is 9.97 Å². The fourth-order valence-corrected chi connectivity index (χ4v) is 12.3. The third kappa shape index (κ3) is 6.43. The van der Waals surface area contributed by atoms with Gasteiger partial charge in [0.15, 0.2) is 0 Å². The minimum atomic E-state index is -0.688. The zero-order chi connectivity index (χ0) is 34.4. The van der Waals surface area contributed by atoms with Crippen LogP contribution in [0.15, 0.2) is 145 Å². The van der Waals surface area contributed by atoms with Crippen LogP contribution < -0.4 is 0 Å². The Morgan fingerprint density at radius 1 is 0.551 bits per heavy atom. The van der Waals surface area contributed by atoms with Crippen molar-refractivity contribution in [2.75, 3.05) is 6.16 Å². The van der Waals surface area contributed by atoms with E-state index in [-0.39, 0.29) is 16.2 Å². The van der Waals surface area contributed by atoms with Crippen LogP contribution in [-0.2, 0) is 5.16 Å². The summed E-state index contributed by atoms with van der Waals surface area (Å²) >= 11 is 0. The van der Waals surface area contributed by atoms with Crippen molar-refractivity contribution < 1.29 is 0 Å². The van der Waals surface area contributed by atoms with Crippen LogP contribution >= 0.6 is 17.2 Å². The number of benzene rings is 4. The Balaban J connectivity index is 1.55. The Bertz CT molecular complexity index is 2090. The number of pyridine rings is 2. The third-order valence-electron chi connectivity index (χ3n) is 9.93. The SMILES string of the molecule is CC(C)(C)P(CC1C(C(P)(c2ccc3ccccc3n2)c2ccc3ccccc3n2)=CC(c2ccccc2)=C1c1ccccc1)C(C)(C)C. The summed E-state index contributed by atoms with van der Waals surface area (Å²) in [6.45, 7) is 14.6. The van der Waals surface area contributed by atoms with E-state index in [2.05, 4.69) is 190 Å². The van der Waals surface area contributed by atoms with E-state index >= 15 is 0 Å². The topological polar surface area (TPSA) is 25.8 Å². The minimum absolute atomic E-state index is 0.140. The molecule has 0 aliphatic heterocycles. The predicted octanol–water partition coefficient (Wildman–Crippen LogP) is 12.1. The highest BCUT2D eigenvalue weighted by Gasteiger charge is 2.47. The van der Waals surface area contributed by atoms with E-state index in [1.54, 1.807) is 0 Å². The molecule has 0 radical (unpaired) electrons. The summed E-state index contributed by atoms with van der Waals surface area (Å²) in [5.41, 5.74) is 10.5. The minimum Gasteiger partial charge on any atom is -0.251 e. The Morgan fingerprint density at radius 3 is 1.49 bits per heavy atom. The average molecular weight is 677 g/mol. The Kier molecular flexibility index (Phi) is 8.94. The van der Waals surface area contributed by atoms with Crippen molar-refractivity contribution in [2.24, 2.45) is 5.92 Å². The molecule has 246 valence electrons. The van der Waals surface area contributed by atoms with E-state index in [0.717, 1.165) is 39.4 Å². The molecule has 0 amide bonds. The van der Waals surface area contributed by atoms with Crippen molar-refractivity contribution in [3.8, 4) is 0 Å². The van der Waals surface area contributed by atoms with Gasteiger partial charge in [-0.1, -0.05) is 165 Å². The normalized spacial score (nSPS) is 15.8. The Labute approximate surface area is 295 Å². The molecule has 6 aromatic rings. The molecule has 2 unspecified atom stereocenters. The van der Waals surface area contributed by atoms with E-state index in [9.17, 15) is 0 Å². The van der Waals surface area contributed by atoms with Gasteiger partial charge in [-0.3, -0.25) is 9.97 Å². The van der Waals surface area contributed by atoms with Crippen LogP contribution in [0.3, 0.4) is 0 Å². The quantitative estimate of drug-likeness (QED) is 0.157. The molecule has 4 aromatic carbocycles. The zero-order valence-electron chi connectivity index (χ0n) is 29.5. The fraction of sp³-hybridized carbons (Fsp3) is 0.244.